The van der Waals surface area contributed by atoms with Gasteiger partial charge in [-0.05, 0) is 43.0 Å². The predicted octanol–water partition coefficient (Wildman–Crippen LogP) is 3.74. The number of rotatable bonds is 4. The van der Waals surface area contributed by atoms with Gasteiger partial charge in [-0.2, -0.15) is 0 Å². The molecule has 1 fully saturated rings. The maximum atomic E-state index is 13.1. The zero-order valence-electron chi connectivity index (χ0n) is 14.8. The van der Waals surface area contributed by atoms with Gasteiger partial charge in [0.2, 0.25) is 0 Å². The number of likely N-dealkylation sites (tertiary alicyclic amines) is 1. The van der Waals surface area contributed by atoms with E-state index in [2.05, 4.69) is 15.3 Å². The molecule has 2 aromatic heterocycles. The van der Waals surface area contributed by atoms with E-state index < -0.39 is 0 Å². The second kappa shape index (κ2) is 7.88. The Bertz CT molecular complexity index is 927. The lowest BCUT2D eigenvalue weighted by atomic mass is 9.98. The van der Waals surface area contributed by atoms with E-state index in [0.29, 0.717) is 23.8 Å². The van der Waals surface area contributed by atoms with E-state index in [-0.39, 0.29) is 11.9 Å². The van der Waals surface area contributed by atoms with Gasteiger partial charge in [0.15, 0.2) is 5.69 Å². The van der Waals surface area contributed by atoms with Gasteiger partial charge in [-0.25, -0.2) is 4.68 Å². The lowest BCUT2D eigenvalue weighted by Gasteiger charge is -2.34. The molecule has 0 N–H and O–H groups in total. The molecule has 0 saturated carbocycles. The Hall–Kier alpha value is -2.73. The van der Waals surface area contributed by atoms with Crippen molar-refractivity contribution in [3.63, 3.8) is 0 Å². The van der Waals surface area contributed by atoms with E-state index >= 15 is 0 Å². The summed E-state index contributed by atoms with van der Waals surface area (Å²) in [6.07, 6.45) is 6.45. The molecule has 1 amide bonds. The van der Waals surface area contributed by atoms with Crippen LogP contribution in [0.1, 0.15) is 47.1 Å². The van der Waals surface area contributed by atoms with Crippen LogP contribution in [0.25, 0.3) is 0 Å². The van der Waals surface area contributed by atoms with E-state index in [9.17, 15) is 4.79 Å². The molecule has 3 aromatic rings. The van der Waals surface area contributed by atoms with E-state index in [1.807, 2.05) is 47.4 Å². The Morgan fingerprint density at radius 3 is 2.81 bits per heavy atom. The van der Waals surface area contributed by atoms with Crippen LogP contribution >= 0.6 is 11.6 Å². The second-order valence-electron chi connectivity index (χ2n) is 6.66. The Labute approximate surface area is 162 Å². The van der Waals surface area contributed by atoms with Crippen molar-refractivity contribution in [1.29, 1.82) is 0 Å². The minimum atomic E-state index is -0.101. The van der Waals surface area contributed by atoms with Crippen molar-refractivity contribution in [1.82, 2.24) is 24.9 Å². The summed E-state index contributed by atoms with van der Waals surface area (Å²) in [5.41, 5.74) is 2.21. The summed E-state index contributed by atoms with van der Waals surface area (Å²) < 4.78 is 1.65. The van der Waals surface area contributed by atoms with Gasteiger partial charge in [0, 0.05) is 17.8 Å². The van der Waals surface area contributed by atoms with Crippen molar-refractivity contribution < 1.29 is 4.79 Å². The van der Waals surface area contributed by atoms with Crippen molar-refractivity contribution in [2.45, 2.75) is 31.8 Å². The molecule has 27 heavy (non-hydrogen) atoms. The lowest BCUT2D eigenvalue weighted by molar-refractivity contribution is 0.0600. The number of pyridine rings is 1. The van der Waals surface area contributed by atoms with Gasteiger partial charge in [0.1, 0.15) is 0 Å². The van der Waals surface area contributed by atoms with Crippen LogP contribution < -0.4 is 0 Å². The standard InChI is InChI=1S/C20H20ClN5O/c21-16-8-2-1-7-15(16)13-25-14-18(23-24-25)20(27)26-12-6-4-10-19(26)17-9-3-5-11-22-17/h1-3,5,7-9,11,14,19H,4,6,10,12-13H2/t19-/m0/s1. The highest BCUT2D eigenvalue weighted by Gasteiger charge is 2.30. The Morgan fingerprint density at radius 1 is 1.15 bits per heavy atom. The third-order valence-electron chi connectivity index (χ3n) is 4.84. The van der Waals surface area contributed by atoms with E-state index in [4.69, 9.17) is 11.6 Å². The molecule has 7 heteroatoms. The lowest BCUT2D eigenvalue weighted by Crippen LogP contribution is -2.39. The molecule has 4 rings (SSSR count). The topological polar surface area (TPSA) is 63.9 Å². The van der Waals surface area contributed by atoms with Crippen LogP contribution in [0, 0.1) is 0 Å². The average Bonchev–Trinajstić information content (AvgIpc) is 3.18. The molecule has 1 atom stereocenters. The third-order valence-corrected chi connectivity index (χ3v) is 5.21. The third kappa shape index (κ3) is 3.85. The van der Waals surface area contributed by atoms with Crippen LogP contribution in [0.2, 0.25) is 5.02 Å². The first-order valence-corrected chi connectivity index (χ1v) is 9.45. The summed E-state index contributed by atoms with van der Waals surface area (Å²) in [6, 6.07) is 13.4. The van der Waals surface area contributed by atoms with Gasteiger partial charge in [-0.15, -0.1) is 5.10 Å². The Balaban J connectivity index is 1.53. The number of hydrogen-bond acceptors (Lipinski definition) is 4. The molecule has 1 aliphatic rings. The number of hydrogen-bond donors (Lipinski definition) is 0. The van der Waals surface area contributed by atoms with Crippen molar-refractivity contribution in [2.75, 3.05) is 6.54 Å². The largest absolute Gasteiger partial charge is 0.329 e. The quantitative estimate of drug-likeness (QED) is 0.690. The molecular formula is C20H20ClN5O. The smallest absolute Gasteiger partial charge is 0.276 e. The monoisotopic (exact) mass is 381 g/mol. The van der Waals surface area contributed by atoms with E-state index in [1.165, 1.54) is 0 Å². The zero-order valence-corrected chi connectivity index (χ0v) is 15.6. The van der Waals surface area contributed by atoms with E-state index in [1.54, 1.807) is 17.1 Å². The Morgan fingerprint density at radius 2 is 2.00 bits per heavy atom. The summed E-state index contributed by atoms with van der Waals surface area (Å²) >= 11 is 6.21. The van der Waals surface area contributed by atoms with E-state index in [0.717, 1.165) is 30.5 Å². The number of carbonyl (C=O) groups excluding carboxylic acids is 1. The van der Waals surface area contributed by atoms with Crippen LogP contribution in [0.4, 0.5) is 0 Å². The number of amides is 1. The fourth-order valence-corrected chi connectivity index (χ4v) is 3.67. The van der Waals surface area contributed by atoms with Gasteiger partial charge in [0.05, 0.1) is 24.5 Å². The number of nitrogens with zero attached hydrogens (tertiary/aromatic N) is 5. The molecule has 3 heterocycles. The maximum Gasteiger partial charge on any atom is 0.276 e. The van der Waals surface area contributed by atoms with Gasteiger partial charge in [-0.3, -0.25) is 9.78 Å². The number of carbonyl (C=O) groups is 1. The summed E-state index contributed by atoms with van der Waals surface area (Å²) in [5, 5.41) is 8.89. The highest BCUT2D eigenvalue weighted by atomic mass is 35.5. The highest BCUT2D eigenvalue weighted by Crippen LogP contribution is 2.30. The first-order valence-electron chi connectivity index (χ1n) is 9.08. The SMILES string of the molecule is O=C(c1cn(Cc2ccccc2Cl)nn1)N1CCCC[C@H]1c1ccccn1. The molecule has 0 bridgehead atoms. The molecule has 0 spiro atoms. The molecule has 138 valence electrons. The average molecular weight is 382 g/mol. The molecule has 0 radical (unpaired) electrons. The number of halogens is 1. The van der Waals surface area contributed by atoms with Crippen LogP contribution in [0.3, 0.4) is 0 Å². The van der Waals surface area contributed by atoms with Gasteiger partial charge >= 0.3 is 0 Å². The number of benzene rings is 1. The van der Waals surface area contributed by atoms with Crippen LogP contribution in [0.15, 0.2) is 54.9 Å². The van der Waals surface area contributed by atoms with Crippen molar-refractivity contribution in [3.05, 3.63) is 76.8 Å². The molecule has 0 unspecified atom stereocenters. The molecule has 1 saturated heterocycles. The molecule has 1 aliphatic heterocycles. The minimum Gasteiger partial charge on any atom is -0.329 e. The van der Waals surface area contributed by atoms with Crippen LogP contribution in [-0.2, 0) is 6.54 Å². The van der Waals surface area contributed by atoms with Gasteiger partial charge in [0.25, 0.3) is 5.91 Å². The normalized spacial score (nSPS) is 17.1. The summed E-state index contributed by atoms with van der Waals surface area (Å²) in [7, 11) is 0. The molecule has 1 aromatic carbocycles. The maximum absolute atomic E-state index is 13.1. The minimum absolute atomic E-state index is 0.0128. The Kier molecular flexibility index (Phi) is 5.16. The predicted molar refractivity (Wildman–Crippen MR) is 102 cm³/mol. The second-order valence-corrected chi connectivity index (χ2v) is 7.06. The van der Waals surface area contributed by atoms with Crippen molar-refractivity contribution >= 4 is 17.5 Å². The fourth-order valence-electron chi connectivity index (χ4n) is 3.48. The van der Waals surface area contributed by atoms with Crippen LogP contribution in [-0.4, -0.2) is 37.3 Å². The summed E-state index contributed by atoms with van der Waals surface area (Å²) in [5.74, 6) is -0.101. The molecule has 6 nitrogen and oxygen atoms in total. The first kappa shape index (κ1) is 17.7. The number of piperidine rings is 1. The van der Waals surface area contributed by atoms with Crippen molar-refractivity contribution in [3.8, 4) is 0 Å². The van der Waals surface area contributed by atoms with Gasteiger partial charge < -0.3 is 4.90 Å². The zero-order chi connectivity index (χ0) is 18.6. The summed E-state index contributed by atoms with van der Waals surface area (Å²) in [4.78, 5) is 19.4. The summed E-state index contributed by atoms with van der Waals surface area (Å²) in [6.45, 7) is 1.18. The number of aromatic nitrogens is 4. The molecular weight excluding hydrogens is 362 g/mol. The van der Waals surface area contributed by atoms with Crippen LogP contribution in [0.5, 0.6) is 0 Å². The first-order chi connectivity index (χ1) is 13.2. The fraction of sp³-hybridized carbons (Fsp3) is 0.300. The van der Waals surface area contributed by atoms with Gasteiger partial charge in [-0.1, -0.05) is 41.1 Å². The highest BCUT2D eigenvalue weighted by molar-refractivity contribution is 6.31. The van der Waals surface area contributed by atoms with Crippen molar-refractivity contribution in [2.24, 2.45) is 0 Å². The molecule has 0 aliphatic carbocycles.